The molecule has 42 heavy (non-hydrogen) atoms. The highest BCUT2D eigenvalue weighted by molar-refractivity contribution is 6.01. The maximum Gasteiger partial charge on any atom is 0.341 e. The first kappa shape index (κ1) is 30.5. The van der Waals surface area contributed by atoms with Crippen molar-refractivity contribution in [2.75, 3.05) is 41.7 Å². The van der Waals surface area contributed by atoms with E-state index in [1.807, 2.05) is 36.4 Å². The van der Waals surface area contributed by atoms with Crippen LogP contribution in [0.4, 0.5) is 0 Å². The molecular formula is C32H32O10. The fraction of sp³-hybridized carbons (Fsp3) is 0.250. The van der Waals surface area contributed by atoms with Crippen molar-refractivity contribution in [1.82, 2.24) is 0 Å². The van der Waals surface area contributed by atoms with Crippen molar-refractivity contribution in [2.45, 2.75) is 13.2 Å². The molecule has 0 amide bonds. The van der Waals surface area contributed by atoms with Crippen molar-refractivity contribution >= 4 is 33.5 Å². The van der Waals surface area contributed by atoms with E-state index >= 15 is 0 Å². The van der Waals surface area contributed by atoms with Crippen LogP contribution < -0.4 is 9.47 Å². The normalized spacial score (nSPS) is 11.2. The minimum atomic E-state index is -0.553. The molecule has 4 aromatic carbocycles. The fourth-order valence-corrected chi connectivity index (χ4v) is 4.28. The summed E-state index contributed by atoms with van der Waals surface area (Å²) >= 11 is 0. The monoisotopic (exact) mass is 576 g/mol. The molecule has 10 heteroatoms. The Balaban J connectivity index is 1.44. The van der Waals surface area contributed by atoms with E-state index in [0.717, 1.165) is 27.3 Å². The second-order valence-corrected chi connectivity index (χ2v) is 8.99. The lowest BCUT2D eigenvalue weighted by Gasteiger charge is -2.13. The number of hydrogen-bond donors (Lipinski definition) is 0. The predicted octanol–water partition coefficient (Wildman–Crippen LogP) is 5.74. The molecule has 0 aliphatic rings. The third kappa shape index (κ3) is 7.62. The van der Waals surface area contributed by atoms with E-state index in [4.69, 9.17) is 38.5 Å². The molecule has 0 aromatic heterocycles. The number of fused-ring (bicyclic) bond motifs is 2. The molecule has 220 valence electrons. The molecule has 0 radical (unpaired) electrons. The number of hydrogen-bond acceptors (Lipinski definition) is 10. The lowest BCUT2D eigenvalue weighted by atomic mass is 10.0. The van der Waals surface area contributed by atoms with E-state index in [1.54, 1.807) is 36.4 Å². The number of carbonyl (C=O) groups excluding carboxylic acids is 2. The molecule has 0 aliphatic heterocycles. The second kappa shape index (κ2) is 14.9. The first-order valence-electron chi connectivity index (χ1n) is 13.0. The average molecular weight is 577 g/mol. The van der Waals surface area contributed by atoms with Crippen LogP contribution in [0.5, 0.6) is 11.5 Å². The smallest absolute Gasteiger partial charge is 0.341 e. The molecule has 0 fully saturated rings. The predicted molar refractivity (Wildman–Crippen MR) is 154 cm³/mol. The van der Waals surface area contributed by atoms with E-state index in [0.29, 0.717) is 29.1 Å². The van der Waals surface area contributed by atoms with Gasteiger partial charge in [-0.05, 0) is 81.7 Å². The molecule has 0 atom stereocenters. The van der Waals surface area contributed by atoms with Gasteiger partial charge in [0.05, 0.1) is 34.0 Å². The summed E-state index contributed by atoms with van der Waals surface area (Å²) in [6.07, 6.45) is 3.61. The van der Waals surface area contributed by atoms with Gasteiger partial charge in [-0.2, -0.15) is 0 Å². The summed E-state index contributed by atoms with van der Waals surface area (Å²) in [6, 6.07) is 18.3. The molecule has 0 unspecified atom stereocenters. The maximum absolute atomic E-state index is 12.4. The Morgan fingerprint density at radius 1 is 0.619 bits per heavy atom. The molecule has 0 aliphatic carbocycles. The van der Waals surface area contributed by atoms with Gasteiger partial charge in [-0.15, -0.1) is 0 Å². The molecule has 0 saturated carbocycles. The van der Waals surface area contributed by atoms with Crippen LogP contribution in [-0.2, 0) is 42.2 Å². The first-order chi connectivity index (χ1) is 20.5. The summed E-state index contributed by atoms with van der Waals surface area (Å²) in [5.74, 6) is -0.00839. The van der Waals surface area contributed by atoms with Crippen LogP contribution in [0.1, 0.15) is 31.8 Å². The van der Waals surface area contributed by atoms with E-state index < -0.39 is 11.9 Å². The van der Waals surface area contributed by atoms with E-state index in [2.05, 4.69) is 0 Å². The maximum atomic E-state index is 12.4. The molecule has 4 aromatic rings. The summed E-state index contributed by atoms with van der Waals surface area (Å²) in [4.78, 5) is 44.1. The quantitative estimate of drug-likeness (QED) is 0.0798. The first-order valence-corrected chi connectivity index (χ1v) is 13.0. The highest BCUT2D eigenvalue weighted by Gasteiger charge is 2.16. The Labute approximate surface area is 243 Å². The van der Waals surface area contributed by atoms with Crippen LogP contribution in [0.2, 0.25) is 0 Å². The Bertz CT molecular complexity index is 1580. The molecule has 0 spiro atoms. The molecule has 4 rings (SSSR count). The van der Waals surface area contributed by atoms with Crippen molar-refractivity contribution in [3.8, 4) is 11.5 Å². The molecule has 0 saturated heterocycles. The summed E-state index contributed by atoms with van der Waals surface area (Å²) in [5.41, 5.74) is 2.40. The van der Waals surface area contributed by atoms with Crippen LogP contribution in [0, 0.1) is 0 Å². The standard InChI is InChI=1S/C32H32O10/c1-35-31(33)24-10-9-23-18-30(28(32(34)36-2)16-26(23)14-24)40-12-6-5-11-39-29-17-22-8-7-21(19-41-37-3)13-25(22)15-27(29)20-42-38-4/h5-10,13-18H,11-12,19-20H2,1-4H3/b6-5+. The van der Waals surface area contributed by atoms with Crippen LogP contribution >= 0.6 is 0 Å². The average Bonchev–Trinajstić information content (AvgIpc) is 3.02. The Morgan fingerprint density at radius 3 is 1.93 bits per heavy atom. The van der Waals surface area contributed by atoms with E-state index in [1.165, 1.54) is 28.4 Å². The van der Waals surface area contributed by atoms with Gasteiger partial charge < -0.3 is 18.9 Å². The summed E-state index contributed by atoms with van der Waals surface area (Å²) in [6.45, 7) is 0.986. The molecule has 0 bridgehead atoms. The number of rotatable bonds is 14. The summed E-state index contributed by atoms with van der Waals surface area (Å²) < 4.78 is 21.7. The van der Waals surface area contributed by atoms with Crippen molar-refractivity contribution in [3.63, 3.8) is 0 Å². The van der Waals surface area contributed by atoms with Gasteiger partial charge in [-0.25, -0.2) is 29.1 Å². The Hall–Kier alpha value is -4.48. The summed E-state index contributed by atoms with van der Waals surface area (Å²) in [5, 5.41) is 3.46. The molecule has 0 N–H and O–H groups in total. The van der Waals surface area contributed by atoms with E-state index in [-0.39, 0.29) is 25.4 Å². The number of methoxy groups -OCH3 is 2. The zero-order valence-electron chi connectivity index (χ0n) is 23.8. The van der Waals surface area contributed by atoms with Crippen molar-refractivity contribution in [1.29, 1.82) is 0 Å². The third-order valence-corrected chi connectivity index (χ3v) is 6.36. The summed E-state index contributed by atoms with van der Waals surface area (Å²) in [7, 11) is 5.53. The highest BCUT2D eigenvalue weighted by Crippen LogP contribution is 2.29. The molecular weight excluding hydrogens is 544 g/mol. The van der Waals surface area contributed by atoms with Gasteiger partial charge in [0.15, 0.2) is 0 Å². The Kier molecular flexibility index (Phi) is 10.8. The van der Waals surface area contributed by atoms with E-state index in [9.17, 15) is 9.59 Å². The van der Waals surface area contributed by atoms with Crippen LogP contribution in [0.25, 0.3) is 21.5 Å². The van der Waals surface area contributed by atoms with Gasteiger partial charge in [0.2, 0.25) is 0 Å². The number of ether oxygens (including phenoxy) is 4. The molecule has 10 nitrogen and oxygen atoms in total. The lowest BCUT2D eigenvalue weighted by Crippen LogP contribution is -2.07. The van der Waals surface area contributed by atoms with Gasteiger partial charge in [-0.1, -0.05) is 18.2 Å². The van der Waals surface area contributed by atoms with Gasteiger partial charge in [0.25, 0.3) is 0 Å². The largest absolute Gasteiger partial charge is 0.489 e. The zero-order valence-corrected chi connectivity index (χ0v) is 23.8. The van der Waals surface area contributed by atoms with Crippen LogP contribution in [0.3, 0.4) is 0 Å². The van der Waals surface area contributed by atoms with Crippen LogP contribution in [-0.4, -0.2) is 53.6 Å². The fourth-order valence-electron chi connectivity index (χ4n) is 4.28. The van der Waals surface area contributed by atoms with Gasteiger partial charge in [0.1, 0.15) is 43.5 Å². The van der Waals surface area contributed by atoms with Crippen LogP contribution in [0.15, 0.2) is 72.8 Å². The number of esters is 2. The van der Waals surface area contributed by atoms with Gasteiger partial charge in [-0.3, -0.25) is 0 Å². The zero-order chi connectivity index (χ0) is 29.9. The third-order valence-electron chi connectivity index (χ3n) is 6.36. The second-order valence-electron chi connectivity index (χ2n) is 8.99. The number of benzene rings is 4. The highest BCUT2D eigenvalue weighted by atomic mass is 17.2. The lowest BCUT2D eigenvalue weighted by molar-refractivity contribution is -0.282. The van der Waals surface area contributed by atoms with Crippen molar-refractivity contribution < 1.29 is 48.1 Å². The minimum Gasteiger partial charge on any atom is -0.489 e. The van der Waals surface area contributed by atoms with Crippen molar-refractivity contribution in [2.24, 2.45) is 0 Å². The Morgan fingerprint density at radius 2 is 1.24 bits per heavy atom. The number of carbonyl (C=O) groups is 2. The molecule has 0 heterocycles. The SMILES string of the molecule is COOCc1ccc2cc(OC/C=C/COc3cc4ccc(C(=O)OC)cc4cc3C(=O)OC)c(COOC)cc2c1. The minimum absolute atomic E-state index is 0.183. The topological polar surface area (TPSA) is 108 Å². The van der Waals surface area contributed by atoms with Crippen molar-refractivity contribution in [3.05, 3.63) is 95.1 Å². The van der Waals surface area contributed by atoms with Gasteiger partial charge >= 0.3 is 11.9 Å². The van der Waals surface area contributed by atoms with Gasteiger partial charge in [0, 0.05) is 5.56 Å².